The second-order valence-corrected chi connectivity index (χ2v) is 10.3. The number of carbonyl (C=O) groups excluding carboxylic acids is 4. The maximum Gasteiger partial charge on any atom is 0.315 e. The fourth-order valence-corrected chi connectivity index (χ4v) is 5.73. The van der Waals surface area contributed by atoms with Gasteiger partial charge in [-0.15, -0.1) is 0 Å². The molecule has 3 aromatic rings. The van der Waals surface area contributed by atoms with Crippen molar-refractivity contribution in [1.29, 1.82) is 0 Å². The topological polar surface area (TPSA) is 110 Å². The number of amides is 3. The van der Waals surface area contributed by atoms with E-state index in [1.807, 2.05) is 49.4 Å². The molecule has 3 unspecified atom stereocenters. The summed E-state index contributed by atoms with van der Waals surface area (Å²) in [5.74, 6) is -2.26. The van der Waals surface area contributed by atoms with Crippen molar-refractivity contribution >= 4 is 46.1 Å². The Hall–Kier alpha value is -3.91. The lowest BCUT2D eigenvalue weighted by Crippen LogP contribution is -2.52. The second kappa shape index (κ2) is 13.0. The third kappa shape index (κ3) is 6.28. The van der Waals surface area contributed by atoms with Crippen LogP contribution in [0.15, 0.2) is 66.7 Å². The number of primary amides is 1. The van der Waals surface area contributed by atoms with Crippen molar-refractivity contribution < 1.29 is 23.9 Å². The van der Waals surface area contributed by atoms with E-state index < -0.39 is 42.2 Å². The van der Waals surface area contributed by atoms with Crippen molar-refractivity contribution in [2.24, 2.45) is 5.73 Å². The van der Waals surface area contributed by atoms with E-state index in [4.69, 9.17) is 22.1 Å². The summed E-state index contributed by atoms with van der Waals surface area (Å²) in [4.78, 5) is 56.2. The zero-order chi connectivity index (χ0) is 28.8. The molecule has 1 aliphatic rings. The van der Waals surface area contributed by atoms with Gasteiger partial charge in [-0.25, -0.2) is 0 Å². The summed E-state index contributed by atoms with van der Waals surface area (Å²) in [6, 6.07) is 18.0. The van der Waals surface area contributed by atoms with Crippen molar-refractivity contribution in [1.82, 2.24) is 9.80 Å². The normalized spacial score (nSPS) is 18.3. The molecule has 0 aliphatic carbocycles. The van der Waals surface area contributed by atoms with Gasteiger partial charge in [-0.2, -0.15) is 0 Å². The number of nitrogens with zero attached hydrogens (tertiary/aromatic N) is 2. The average molecular weight is 564 g/mol. The van der Waals surface area contributed by atoms with Crippen LogP contribution in [0, 0.1) is 0 Å². The van der Waals surface area contributed by atoms with Crippen LogP contribution in [0.25, 0.3) is 10.8 Å². The monoisotopic (exact) mass is 563 g/mol. The third-order valence-corrected chi connectivity index (χ3v) is 7.65. The van der Waals surface area contributed by atoms with Crippen LogP contribution >= 0.6 is 11.6 Å². The van der Waals surface area contributed by atoms with Gasteiger partial charge in [0.2, 0.25) is 11.8 Å². The Morgan fingerprint density at radius 1 is 1.05 bits per heavy atom. The van der Waals surface area contributed by atoms with Gasteiger partial charge in [0.05, 0.1) is 6.61 Å². The molecule has 3 amide bonds. The fraction of sp³-hybridized carbons (Fsp3) is 0.355. The molecule has 0 aromatic heterocycles. The Morgan fingerprint density at radius 2 is 1.77 bits per heavy atom. The van der Waals surface area contributed by atoms with Crippen LogP contribution in [0.3, 0.4) is 0 Å². The molecule has 0 bridgehead atoms. The molecule has 210 valence electrons. The number of fused-ring (bicyclic) bond motifs is 1. The van der Waals surface area contributed by atoms with E-state index in [1.54, 1.807) is 31.2 Å². The summed E-state index contributed by atoms with van der Waals surface area (Å²) in [5, 5.41) is 2.39. The Labute approximate surface area is 239 Å². The SMILES string of the molecule is CCOC(=O)CC(=O)N1C(CC)CCN(C(Cc2cccc3ccccc23)C(N)=O)C(=O)C1c1cccc(Cl)c1. The summed E-state index contributed by atoms with van der Waals surface area (Å²) >= 11 is 6.31. The van der Waals surface area contributed by atoms with Gasteiger partial charge in [0.1, 0.15) is 18.5 Å². The predicted octanol–water partition coefficient (Wildman–Crippen LogP) is 4.42. The van der Waals surface area contributed by atoms with Gasteiger partial charge >= 0.3 is 5.97 Å². The summed E-state index contributed by atoms with van der Waals surface area (Å²) in [6.07, 6.45) is 0.673. The van der Waals surface area contributed by atoms with Gasteiger partial charge in [-0.1, -0.05) is 73.1 Å². The second-order valence-electron chi connectivity index (χ2n) is 9.88. The Bertz CT molecular complexity index is 1410. The Balaban J connectivity index is 1.78. The lowest BCUT2D eigenvalue weighted by molar-refractivity contribution is -0.154. The van der Waals surface area contributed by atoms with Crippen molar-refractivity contribution in [3.05, 3.63) is 82.9 Å². The van der Waals surface area contributed by atoms with E-state index >= 15 is 0 Å². The van der Waals surface area contributed by atoms with Crippen molar-refractivity contribution in [3.8, 4) is 0 Å². The molecule has 3 aromatic carbocycles. The highest BCUT2D eigenvalue weighted by Crippen LogP contribution is 2.34. The zero-order valence-corrected chi connectivity index (χ0v) is 23.5. The maximum absolute atomic E-state index is 14.4. The molecule has 3 atom stereocenters. The van der Waals surface area contributed by atoms with Crippen LogP contribution in [0.4, 0.5) is 0 Å². The van der Waals surface area contributed by atoms with E-state index in [1.165, 1.54) is 9.80 Å². The van der Waals surface area contributed by atoms with Crippen molar-refractivity contribution in [2.75, 3.05) is 13.2 Å². The van der Waals surface area contributed by atoms with E-state index in [2.05, 4.69) is 0 Å². The minimum Gasteiger partial charge on any atom is -0.466 e. The van der Waals surface area contributed by atoms with E-state index in [0.29, 0.717) is 23.4 Å². The number of hydrogen-bond donors (Lipinski definition) is 1. The Morgan fingerprint density at radius 3 is 2.48 bits per heavy atom. The summed E-state index contributed by atoms with van der Waals surface area (Å²) in [7, 11) is 0. The highest BCUT2D eigenvalue weighted by atomic mass is 35.5. The molecule has 8 nitrogen and oxygen atoms in total. The minimum atomic E-state index is -1.09. The third-order valence-electron chi connectivity index (χ3n) is 7.41. The first kappa shape index (κ1) is 29.1. The lowest BCUT2D eigenvalue weighted by Gasteiger charge is -2.36. The van der Waals surface area contributed by atoms with Gasteiger partial charge in [-0.05, 0) is 53.8 Å². The largest absolute Gasteiger partial charge is 0.466 e. The summed E-state index contributed by atoms with van der Waals surface area (Å²) in [5.41, 5.74) is 7.33. The standard InChI is InChI=1S/C31H34ClN3O5/c1-3-24-15-16-34(26(30(33)38)18-21-11-7-10-20-9-5-6-14-25(20)21)31(39)29(22-12-8-13-23(32)17-22)35(24)27(36)19-28(37)40-4-2/h5-14,17,24,26,29H,3-4,15-16,18-19H2,1-2H3,(H2,33,38). The predicted molar refractivity (Wildman–Crippen MR) is 153 cm³/mol. The van der Waals surface area contributed by atoms with Gasteiger partial charge in [-0.3, -0.25) is 19.2 Å². The van der Waals surface area contributed by atoms with Crippen LogP contribution in [0.1, 0.15) is 50.3 Å². The maximum atomic E-state index is 14.4. The molecule has 4 rings (SSSR count). The Kier molecular flexibility index (Phi) is 9.42. The molecule has 0 saturated carbocycles. The zero-order valence-electron chi connectivity index (χ0n) is 22.7. The van der Waals surface area contributed by atoms with E-state index in [9.17, 15) is 19.2 Å². The van der Waals surface area contributed by atoms with Crippen LogP contribution in [0.2, 0.25) is 5.02 Å². The van der Waals surface area contributed by atoms with E-state index in [0.717, 1.165) is 16.3 Å². The summed E-state index contributed by atoms with van der Waals surface area (Å²) < 4.78 is 5.02. The number of rotatable bonds is 9. The van der Waals surface area contributed by atoms with Crippen molar-refractivity contribution in [2.45, 2.75) is 57.7 Å². The number of hydrogen-bond acceptors (Lipinski definition) is 5. The van der Waals surface area contributed by atoms with E-state index in [-0.39, 0.29) is 25.6 Å². The molecular formula is C31H34ClN3O5. The highest BCUT2D eigenvalue weighted by molar-refractivity contribution is 6.30. The number of esters is 1. The van der Waals surface area contributed by atoms with Gasteiger partial charge in [0, 0.05) is 24.0 Å². The lowest BCUT2D eigenvalue weighted by atomic mass is 9.96. The van der Waals surface area contributed by atoms with Crippen LogP contribution in [-0.2, 0) is 30.3 Å². The number of benzene rings is 3. The molecule has 1 aliphatic heterocycles. The highest BCUT2D eigenvalue weighted by Gasteiger charge is 2.44. The fourth-order valence-electron chi connectivity index (χ4n) is 5.53. The molecule has 9 heteroatoms. The van der Waals surface area contributed by atoms with Crippen LogP contribution in [0.5, 0.6) is 0 Å². The van der Waals surface area contributed by atoms with Gasteiger partial charge in [0.25, 0.3) is 5.91 Å². The molecule has 2 N–H and O–H groups in total. The molecular weight excluding hydrogens is 530 g/mol. The molecule has 0 spiro atoms. The molecule has 40 heavy (non-hydrogen) atoms. The molecule has 0 radical (unpaired) electrons. The van der Waals surface area contributed by atoms with Gasteiger partial charge < -0.3 is 20.3 Å². The first-order valence-corrected chi connectivity index (χ1v) is 13.9. The number of carbonyl (C=O) groups is 4. The van der Waals surface area contributed by atoms with Gasteiger partial charge in [0.15, 0.2) is 0 Å². The summed E-state index contributed by atoms with van der Waals surface area (Å²) in [6.45, 7) is 3.95. The van der Waals surface area contributed by atoms with Crippen molar-refractivity contribution in [3.63, 3.8) is 0 Å². The average Bonchev–Trinajstić information content (AvgIpc) is 3.07. The number of nitrogens with two attached hydrogens (primary N) is 1. The number of halogens is 1. The van der Waals surface area contributed by atoms with Crippen LogP contribution in [-0.4, -0.2) is 58.7 Å². The number of ether oxygens (including phenoxy) is 1. The molecule has 1 heterocycles. The molecule has 1 saturated heterocycles. The molecule has 1 fully saturated rings. The smallest absolute Gasteiger partial charge is 0.315 e. The first-order valence-electron chi connectivity index (χ1n) is 13.5. The first-order chi connectivity index (χ1) is 19.2. The van der Waals surface area contributed by atoms with Crippen LogP contribution < -0.4 is 5.73 Å². The quantitative estimate of drug-likeness (QED) is 0.306. The minimum absolute atomic E-state index is 0.141.